The Hall–Kier alpha value is -2.49. The number of aliphatic carboxylic acids is 1. The molecule has 0 spiro atoms. The number of carboxylic acids is 1. The van der Waals surface area contributed by atoms with Gasteiger partial charge in [0.2, 0.25) is 5.79 Å². The van der Waals surface area contributed by atoms with Gasteiger partial charge in [0.05, 0.1) is 13.2 Å². The molecule has 4 rings (SSSR count). The van der Waals surface area contributed by atoms with Gasteiger partial charge in [-0.05, 0) is 61.6 Å². The van der Waals surface area contributed by atoms with Crippen molar-refractivity contribution in [2.75, 3.05) is 13.2 Å². The molecule has 5 atom stereocenters. The minimum atomic E-state index is -1.54. The van der Waals surface area contributed by atoms with E-state index >= 15 is 0 Å². The van der Waals surface area contributed by atoms with Crippen LogP contribution >= 0.6 is 0 Å². The molecule has 0 unspecified atom stereocenters. The average molecular weight is 459 g/mol. The Labute approximate surface area is 192 Å². The van der Waals surface area contributed by atoms with E-state index in [0.29, 0.717) is 30.8 Å². The molecule has 0 aliphatic carbocycles. The number of fused-ring (bicyclic) bond motifs is 2. The molecule has 2 aliphatic heterocycles. The lowest BCUT2D eigenvalue weighted by atomic mass is 9.84. The molecule has 8 nitrogen and oxygen atoms in total. The van der Waals surface area contributed by atoms with Crippen molar-refractivity contribution >= 4 is 5.97 Å². The van der Waals surface area contributed by atoms with Crippen molar-refractivity contribution in [1.29, 1.82) is 0 Å². The lowest BCUT2D eigenvalue weighted by molar-refractivity contribution is -0.322. The van der Waals surface area contributed by atoms with Gasteiger partial charge in [-0.2, -0.15) is 0 Å². The maximum atomic E-state index is 10.7. The van der Waals surface area contributed by atoms with Gasteiger partial charge in [-0.25, -0.2) is 0 Å². The highest BCUT2D eigenvalue weighted by Gasteiger charge is 2.65. The number of aryl methyl sites for hydroxylation is 1. The second-order valence-electron chi connectivity index (χ2n) is 9.06. The van der Waals surface area contributed by atoms with E-state index in [9.17, 15) is 20.1 Å². The first-order valence-corrected chi connectivity index (χ1v) is 11.1. The van der Waals surface area contributed by atoms with E-state index in [1.54, 1.807) is 6.92 Å². The smallest absolute Gasteiger partial charge is 0.303 e. The Kier molecular flexibility index (Phi) is 6.48. The van der Waals surface area contributed by atoms with Crippen LogP contribution < -0.4 is 4.74 Å². The van der Waals surface area contributed by atoms with Crippen molar-refractivity contribution in [3.8, 4) is 5.75 Å². The monoisotopic (exact) mass is 458 g/mol. The Bertz CT molecular complexity index is 1010. The molecule has 2 heterocycles. The summed E-state index contributed by atoms with van der Waals surface area (Å²) >= 11 is 0. The van der Waals surface area contributed by atoms with E-state index in [0.717, 1.165) is 16.7 Å². The first-order valence-electron chi connectivity index (χ1n) is 11.1. The van der Waals surface area contributed by atoms with E-state index in [-0.39, 0.29) is 13.0 Å². The summed E-state index contributed by atoms with van der Waals surface area (Å²) in [5, 5.41) is 40.2. The lowest BCUT2D eigenvalue weighted by Crippen LogP contribution is -2.63. The standard InChI is InChI=1S/C25H30O8/c1-15-5-8-18(25-23(30)21(28)22(29)24(2,33-25)14-32-25)13-17(15)12-16-6-9-19(10-7-16)31-11-3-4-20(26)27/h5-10,13,21-23,28-30H,3-4,11-12,14H2,1-2H3,(H,26,27)/t21-,22-,23+,24-,25-/m0/s1. The molecule has 2 aliphatic rings. The van der Waals surface area contributed by atoms with Gasteiger partial charge < -0.3 is 34.6 Å². The van der Waals surface area contributed by atoms with Gasteiger partial charge in [0.25, 0.3) is 0 Å². The molecular weight excluding hydrogens is 428 g/mol. The minimum absolute atomic E-state index is 0.0550. The van der Waals surface area contributed by atoms with Crippen LogP contribution in [0.2, 0.25) is 0 Å². The van der Waals surface area contributed by atoms with Crippen LogP contribution in [0.4, 0.5) is 0 Å². The summed E-state index contributed by atoms with van der Waals surface area (Å²) in [6.45, 7) is 4.05. The molecule has 2 bridgehead atoms. The number of aliphatic hydroxyl groups excluding tert-OH is 3. The van der Waals surface area contributed by atoms with Crippen molar-refractivity contribution in [1.82, 2.24) is 0 Å². The molecular formula is C25H30O8. The third-order valence-electron chi connectivity index (χ3n) is 6.49. The van der Waals surface area contributed by atoms with Gasteiger partial charge >= 0.3 is 5.97 Å². The quantitative estimate of drug-likeness (QED) is 0.442. The number of carboxylic acid groups (broad SMARTS) is 1. The second-order valence-corrected chi connectivity index (χ2v) is 9.06. The van der Waals surface area contributed by atoms with Crippen LogP contribution in [-0.2, 0) is 26.5 Å². The maximum absolute atomic E-state index is 10.7. The topological polar surface area (TPSA) is 126 Å². The summed E-state index contributed by atoms with van der Waals surface area (Å²) in [7, 11) is 0. The molecule has 2 aromatic carbocycles. The van der Waals surface area contributed by atoms with Gasteiger partial charge in [0.1, 0.15) is 29.7 Å². The summed E-state index contributed by atoms with van der Waals surface area (Å²) in [5.74, 6) is -1.70. The highest BCUT2D eigenvalue weighted by molar-refractivity contribution is 5.66. The number of aliphatic hydroxyl groups is 3. The Balaban J connectivity index is 1.50. The molecule has 8 heteroatoms. The number of carbonyl (C=O) groups is 1. The van der Waals surface area contributed by atoms with Crippen LogP contribution in [0.15, 0.2) is 42.5 Å². The minimum Gasteiger partial charge on any atom is -0.494 e. The Morgan fingerprint density at radius 1 is 1.12 bits per heavy atom. The SMILES string of the molecule is Cc1ccc([C@]23OC[C@](C)(O2)[C@@H](O)[C@H](O)[C@H]3O)cc1Cc1ccc(OCCCC(=O)O)cc1. The normalized spacial score (nSPS) is 30.9. The molecule has 0 amide bonds. The van der Waals surface area contributed by atoms with E-state index in [1.807, 2.05) is 49.4 Å². The Morgan fingerprint density at radius 3 is 2.55 bits per heavy atom. The summed E-state index contributed by atoms with van der Waals surface area (Å²) in [4.78, 5) is 10.6. The number of ether oxygens (including phenoxy) is 3. The van der Waals surface area contributed by atoms with Crippen molar-refractivity contribution in [2.45, 2.75) is 62.8 Å². The number of hydrogen-bond donors (Lipinski definition) is 4. The third-order valence-corrected chi connectivity index (χ3v) is 6.49. The molecule has 2 aromatic rings. The predicted octanol–water partition coefficient (Wildman–Crippen LogP) is 1.88. The Morgan fingerprint density at radius 2 is 1.85 bits per heavy atom. The second kappa shape index (κ2) is 9.04. The molecule has 0 saturated carbocycles. The van der Waals surface area contributed by atoms with Crippen LogP contribution in [0.25, 0.3) is 0 Å². The summed E-state index contributed by atoms with van der Waals surface area (Å²) in [6.07, 6.45) is -2.93. The van der Waals surface area contributed by atoms with E-state index in [4.69, 9.17) is 19.3 Å². The lowest BCUT2D eigenvalue weighted by Gasteiger charge is -2.45. The van der Waals surface area contributed by atoms with Crippen LogP contribution in [-0.4, -0.2) is 63.5 Å². The molecule has 2 saturated heterocycles. The molecule has 33 heavy (non-hydrogen) atoms. The van der Waals surface area contributed by atoms with Crippen LogP contribution in [0, 0.1) is 6.92 Å². The highest BCUT2D eigenvalue weighted by Crippen LogP contribution is 2.49. The largest absolute Gasteiger partial charge is 0.494 e. The molecule has 0 aromatic heterocycles. The van der Waals surface area contributed by atoms with E-state index in [2.05, 4.69) is 0 Å². The van der Waals surface area contributed by atoms with Crippen LogP contribution in [0.3, 0.4) is 0 Å². The highest BCUT2D eigenvalue weighted by atomic mass is 16.8. The maximum Gasteiger partial charge on any atom is 0.303 e. The zero-order valence-electron chi connectivity index (χ0n) is 18.7. The predicted molar refractivity (Wildman–Crippen MR) is 118 cm³/mol. The van der Waals surface area contributed by atoms with Crippen molar-refractivity contribution in [3.63, 3.8) is 0 Å². The van der Waals surface area contributed by atoms with Crippen molar-refractivity contribution in [3.05, 3.63) is 64.7 Å². The van der Waals surface area contributed by atoms with Gasteiger partial charge in [0.15, 0.2) is 0 Å². The zero-order chi connectivity index (χ0) is 23.8. The first kappa shape index (κ1) is 23.7. The third kappa shape index (κ3) is 4.49. The summed E-state index contributed by atoms with van der Waals surface area (Å²) in [6, 6.07) is 13.2. The fraction of sp³-hybridized carbons (Fsp3) is 0.480. The van der Waals surface area contributed by atoms with Crippen LogP contribution in [0.1, 0.15) is 42.0 Å². The molecule has 2 fully saturated rings. The summed E-state index contributed by atoms with van der Waals surface area (Å²) in [5.41, 5.74) is 2.58. The van der Waals surface area contributed by atoms with E-state index < -0.39 is 35.7 Å². The van der Waals surface area contributed by atoms with E-state index in [1.165, 1.54) is 0 Å². The molecule has 0 radical (unpaired) electrons. The van der Waals surface area contributed by atoms with Crippen LogP contribution in [0.5, 0.6) is 5.75 Å². The van der Waals surface area contributed by atoms with Gasteiger partial charge in [-0.3, -0.25) is 4.79 Å². The number of benzene rings is 2. The first-order chi connectivity index (χ1) is 15.6. The van der Waals surface area contributed by atoms with Crippen molar-refractivity contribution < 1.29 is 39.4 Å². The average Bonchev–Trinajstić information content (AvgIpc) is 3.14. The van der Waals surface area contributed by atoms with Gasteiger partial charge in [-0.1, -0.05) is 24.3 Å². The number of rotatable bonds is 8. The summed E-state index contributed by atoms with van der Waals surface area (Å²) < 4.78 is 17.5. The zero-order valence-corrected chi connectivity index (χ0v) is 18.7. The molecule has 4 N–H and O–H groups in total. The number of hydrogen-bond acceptors (Lipinski definition) is 7. The molecule has 178 valence electrons. The van der Waals surface area contributed by atoms with Gasteiger partial charge in [-0.15, -0.1) is 0 Å². The fourth-order valence-corrected chi connectivity index (χ4v) is 4.43. The van der Waals surface area contributed by atoms with Gasteiger partial charge in [0, 0.05) is 12.0 Å². The van der Waals surface area contributed by atoms with Crippen molar-refractivity contribution in [2.24, 2.45) is 0 Å². The fourth-order valence-electron chi connectivity index (χ4n) is 4.43.